The minimum Gasteiger partial charge on any atom is -0.456 e. The Hall–Kier alpha value is -2.29. The monoisotopic (exact) mass is 428 g/mol. The third-order valence-corrected chi connectivity index (χ3v) is 3.59. The lowest BCUT2D eigenvalue weighted by atomic mass is 9.98. The molecule has 1 aliphatic rings. The van der Waals surface area contributed by atoms with Gasteiger partial charge in [-0.2, -0.15) is 8.42 Å². The molecule has 1 aliphatic heterocycles. The van der Waals surface area contributed by atoms with Crippen LogP contribution in [0.1, 0.15) is 27.7 Å². The van der Waals surface area contributed by atoms with Gasteiger partial charge in [0.2, 0.25) is 12.4 Å². The molecule has 160 valence electrons. The first-order valence-electron chi connectivity index (χ1n) is 7.76. The van der Waals surface area contributed by atoms with Crippen molar-refractivity contribution in [2.75, 3.05) is 6.61 Å². The number of carbonyl (C=O) groups excluding carboxylic acids is 4. The van der Waals surface area contributed by atoms with E-state index in [9.17, 15) is 27.6 Å². The zero-order valence-electron chi connectivity index (χ0n) is 15.3. The summed E-state index contributed by atoms with van der Waals surface area (Å²) in [4.78, 5) is 45.8. The Morgan fingerprint density at radius 2 is 1.21 bits per heavy atom. The van der Waals surface area contributed by atoms with Crippen LogP contribution >= 0.6 is 0 Å². The van der Waals surface area contributed by atoms with E-state index in [-0.39, 0.29) is 0 Å². The van der Waals surface area contributed by atoms with Gasteiger partial charge in [-0.05, 0) is 0 Å². The molecule has 0 aromatic carbocycles. The van der Waals surface area contributed by atoms with Crippen molar-refractivity contribution in [3.8, 4) is 0 Å². The van der Waals surface area contributed by atoms with Gasteiger partial charge >= 0.3 is 34.3 Å². The van der Waals surface area contributed by atoms with Crippen LogP contribution in [0.25, 0.3) is 0 Å². The molecule has 0 aliphatic carbocycles. The molecule has 1 heterocycles. The highest BCUT2D eigenvalue weighted by molar-refractivity contribution is 7.80. The van der Waals surface area contributed by atoms with Crippen LogP contribution in [0.15, 0.2) is 0 Å². The van der Waals surface area contributed by atoms with E-state index in [0.29, 0.717) is 0 Å². The molecule has 1 N–H and O–H groups in total. The molecule has 0 aromatic heterocycles. The van der Waals surface area contributed by atoms with Crippen LogP contribution < -0.4 is 0 Å². The average molecular weight is 428 g/mol. The Balaban J connectivity index is 3.33. The standard InChI is InChI=1S/C14H20O13S/c1-6(15)23-11-10(5-22-28(19,20)21)27-14(26-9(4)18)13(25-8(3)17)12(11)24-7(2)16/h10-14H,5H2,1-4H3,(H,19,20,21)/t10-,11+,12+,13+,14?/m1/s1. The number of hydrogen-bond acceptors (Lipinski definition) is 12. The molecule has 28 heavy (non-hydrogen) atoms. The summed E-state index contributed by atoms with van der Waals surface area (Å²) in [5.41, 5.74) is 0. The topological polar surface area (TPSA) is 178 Å². The Kier molecular flexibility index (Phi) is 8.29. The summed E-state index contributed by atoms with van der Waals surface area (Å²) in [6.07, 6.45) is -7.77. The van der Waals surface area contributed by atoms with E-state index in [1.165, 1.54) is 0 Å². The van der Waals surface area contributed by atoms with Crippen LogP contribution in [0.5, 0.6) is 0 Å². The fourth-order valence-corrected chi connectivity index (χ4v) is 2.71. The number of esters is 4. The second kappa shape index (κ2) is 9.77. The van der Waals surface area contributed by atoms with Gasteiger partial charge in [-0.1, -0.05) is 0 Å². The lowest BCUT2D eigenvalue weighted by molar-refractivity contribution is -0.298. The summed E-state index contributed by atoms with van der Waals surface area (Å²) >= 11 is 0. The number of carbonyl (C=O) groups is 4. The minimum absolute atomic E-state index is 0.864. The first kappa shape index (κ1) is 23.7. The van der Waals surface area contributed by atoms with Crippen LogP contribution in [0.4, 0.5) is 0 Å². The SMILES string of the molecule is CC(=O)OC1O[C@H](COS(=O)(=O)O)[C@H](OC(C)=O)[C@H](OC(C)=O)[C@@H]1OC(C)=O. The lowest BCUT2D eigenvalue weighted by Crippen LogP contribution is -2.63. The smallest absolute Gasteiger partial charge is 0.397 e. The van der Waals surface area contributed by atoms with Gasteiger partial charge in [0.05, 0.1) is 6.61 Å². The molecule has 0 radical (unpaired) electrons. The van der Waals surface area contributed by atoms with Crippen molar-refractivity contribution >= 4 is 34.3 Å². The van der Waals surface area contributed by atoms with Crippen molar-refractivity contribution < 1.29 is 60.0 Å². The Morgan fingerprint density at radius 1 is 0.786 bits per heavy atom. The van der Waals surface area contributed by atoms with E-state index in [2.05, 4.69) is 4.18 Å². The van der Waals surface area contributed by atoms with Gasteiger partial charge < -0.3 is 23.7 Å². The van der Waals surface area contributed by atoms with E-state index in [1.807, 2.05) is 0 Å². The van der Waals surface area contributed by atoms with Crippen molar-refractivity contribution in [3.63, 3.8) is 0 Å². The van der Waals surface area contributed by atoms with Crippen LogP contribution in [0, 0.1) is 0 Å². The third kappa shape index (κ3) is 7.75. The van der Waals surface area contributed by atoms with E-state index >= 15 is 0 Å². The molecule has 0 bridgehead atoms. The highest BCUT2D eigenvalue weighted by atomic mass is 32.3. The van der Waals surface area contributed by atoms with Crippen molar-refractivity contribution in [1.29, 1.82) is 0 Å². The van der Waals surface area contributed by atoms with Gasteiger partial charge in [0.15, 0.2) is 12.2 Å². The summed E-state index contributed by atoms with van der Waals surface area (Å²) in [5.74, 6) is -3.49. The first-order chi connectivity index (χ1) is 12.8. The molecule has 0 amide bonds. The largest absolute Gasteiger partial charge is 0.456 e. The molecule has 0 saturated carbocycles. The lowest BCUT2D eigenvalue weighted by Gasteiger charge is -2.43. The molecule has 0 spiro atoms. The molecule has 1 unspecified atom stereocenters. The molecule has 5 atom stereocenters. The maximum atomic E-state index is 11.5. The second-order valence-corrected chi connectivity index (χ2v) is 6.68. The predicted molar refractivity (Wildman–Crippen MR) is 84.6 cm³/mol. The third-order valence-electron chi connectivity index (χ3n) is 3.16. The number of hydrogen-bond donors (Lipinski definition) is 1. The average Bonchev–Trinajstić information content (AvgIpc) is 2.48. The Labute approximate surface area is 160 Å². The van der Waals surface area contributed by atoms with Crippen molar-refractivity contribution in [1.82, 2.24) is 0 Å². The molecular weight excluding hydrogens is 408 g/mol. The van der Waals surface area contributed by atoms with Gasteiger partial charge in [0.1, 0.15) is 6.10 Å². The van der Waals surface area contributed by atoms with Crippen molar-refractivity contribution in [2.24, 2.45) is 0 Å². The van der Waals surface area contributed by atoms with E-state index < -0.39 is 71.6 Å². The molecule has 0 aromatic rings. The van der Waals surface area contributed by atoms with Gasteiger partial charge in [-0.25, -0.2) is 4.18 Å². The van der Waals surface area contributed by atoms with Crippen LogP contribution in [0.3, 0.4) is 0 Å². The number of rotatable bonds is 7. The summed E-state index contributed by atoms with van der Waals surface area (Å²) < 4.78 is 60.0. The Morgan fingerprint density at radius 3 is 1.64 bits per heavy atom. The van der Waals surface area contributed by atoms with Gasteiger partial charge in [0.25, 0.3) is 0 Å². The van der Waals surface area contributed by atoms with Crippen LogP contribution in [-0.2, 0) is 57.4 Å². The zero-order chi connectivity index (χ0) is 21.6. The quantitative estimate of drug-likeness (QED) is 0.293. The summed E-state index contributed by atoms with van der Waals surface area (Å²) in [6, 6.07) is 0. The van der Waals surface area contributed by atoms with E-state index in [4.69, 9.17) is 28.2 Å². The minimum atomic E-state index is -4.91. The van der Waals surface area contributed by atoms with E-state index in [1.54, 1.807) is 0 Å². The normalized spacial score (nSPS) is 27.4. The molecule has 1 saturated heterocycles. The maximum absolute atomic E-state index is 11.5. The second-order valence-electron chi connectivity index (χ2n) is 5.59. The fraction of sp³-hybridized carbons (Fsp3) is 0.714. The zero-order valence-corrected chi connectivity index (χ0v) is 16.2. The van der Waals surface area contributed by atoms with Crippen molar-refractivity contribution in [2.45, 2.75) is 58.4 Å². The molecule has 1 fully saturated rings. The van der Waals surface area contributed by atoms with Gasteiger partial charge in [0, 0.05) is 27.7 Å². The van der Waals surface area contributed by atoms with E-state index in [0.717, 1.165) is 27.7 Å². The van der Waals surface area contributed by atoms with Gasteiger partial charge in [-0.15, -0.1) is 0 Å². The predicted octanol–water partition coefficient (Wildman–Crippen LogP) is -1.11. The fourth-order valence-electron chi connectivity index (χ4n) is 2.40. The Bertz CT molecular complexity index is 715. The molecule has 14 heteroatoms. The molecule has 1 rings (SSSR count). The van der Waals surface area contributed by atoms with Crippen molar-refractivity contribution in [3.05, 3.63) is 0 Å². The summed E-state index contributed by atoms with van der Waals surface area (Å²) in [6.45, 7) is 3.14. The number of ether oxygens (including phenoxy) is 5. The highest BCUT2D eigenvalue weighted by Gasteiger charge is 2.53. The van der Waals surface area contributed by atoms with Crippen LogP contribution in [0.2, 0.25) is 0 Å². The van der Waals surface area contributed by atoms with Gasteiger partial charge in [-0.3, -0.25) is 23.7 Å². The van der Waals surface area contributed by atoms with Crippen LogP contribution in [-0.4, -0.2) is 74.2 Å². The summed E-state index contributed by atoms with van der Waals surface area (Å²) in [7, 11) is -4.91. The molecule has 13 nitrogen and oxygen atoms in total. The maximum Gasteiger partial charge on any atom is 0.397 e. The summed E-state index contributed by atoms with van der Waals surface area (Å²) in [5, 5.41) is 0. The highest BCUT2D eigenvalue weighted by Crippen LogP contribution is 2.30. The molecular formula is C14H20O13S. The first-order valence-corrected chi connectivity index (χ1v) is 9.13.